The summed E-state index contributed by atoms with van der Waals surface area (Å²) in [7, 11) is 0. The van der Waals surface area contributed by atoms with Gasteiger partial charge in [-0.15, -0.1) is 0 Å². The molecule has 3 rings (SSSR count). The molecule has 1 nitrogen and oxygen atoms in total. The zero-order valence-electron chi connectivity index (χ0n) is 9.03. The number of rotatable bonds is 2. The van der Waals surface area contributed by atoms with Crippen LogP contribution < -0.4 is 12.4 Å². The fraction of sp³-hybridized carbons (Fsp3) is 0.538. The predicted molar refractivity (Wildman–Crippen MR) is 57.8 cm³/mol. The SMILES string of the molecule is [Cl-].c1ccc(C[N+]23CCCCC2C3)cc1. The van der Waals surface area contributed by atoms with Crippen LogP contribution in [-0.2, 0) is 6.54 Å². The average Bonchev–Trinajstić information content (AvgIpc) is 2.93. The molecule has 15 heavy (non-hydrogen) atoms. The van der Waals surface area contributed by atoms with E-state index < -0.39 is 0 Å². The highest BCUT2D eigenvalue weighted by Gasteiger charge is 2.55. The summed E-state index contributed by atoms with van der Waals surface area (Å²) in [6.07, 6.45) is 4.40. The van der Waals surface area contributed by atoms with Gasteiger partial charge in [0.05, 0.1) is 6.54 Å². The van der Waals surface area contributed by atoms with Crippen molar-refractivity contribution in [3.63, 3.8) is 0 Å². The van der Waals surface area contributed by atoms with Gasteiger partial charge in [-0.2, -0.15) is 0 Å². The highest BCUT2D eigenvalue weighted by Crippen LogP contribution is 2.41. The maximum absolute atomic E-state index is 2.27. The van der Waals surface area contributed by atoms with Gasteiger partial charge in [0.15, 0.2) is 0 Å². The molecule has 2 saturated heterocycles. The van der Waals surface area contributed by atoms with Crippen LogP contribution in [-0.4, -0.2) is 23.6 Å². The normalized spacial score (nSPS) is 32.7. The van der Waals surface area contributed by atoms with Crippen molar-refractivity contribution in [1.82, 2.24) is 0 Å². The Morgan fingerprint density at radius 1 is 1.13 bits per heavy atom. The van der Waals surface area contributed by atoms with E-state index in [0.29, 0.717) is 0 Å². The minimum absolute atomic E-state index is 0. The van der Waals surface area contributed by atoms with Crippen LogP contribution in [0.4, 0.5) is 0 Å². The molecule has 2 atom stereocenters. The van der Waals surface area contributed by atoms with Crippen molar-refractivity contribution in [2.45, 2.75) is 31.8 Å². The third-order valence-electron chi connectivity index (χ3n) is 3.95. The van der Waals surface area contributed by atoms with Crippen molar-refractivity contribution in [1.29, 1.82) is 0 Å². The molecule has 1 aromatic rings. The molecule has 0 radical (unpaired) electrons. The fourth-order valence-electron chi connectivity index (χ4n) is 3.04. The lowest BCUT2D eigenvalue weighted by atomic mass is 10.1. The van der Waals surface area contributed by atoms with Crippen LogP contribution >= 0.6 is 0 Å². The Kier molecular flexibility index (Phi) is 3.03. The monoisotopic (exact) mass is 223 g/mol. The highest BCUT2D eigenvalue weighted by molar-refractivity contribution is 5.14. The summed E-state index contributed by atoms with van der Waals surface area (Å²) in [6.45, 7) is 4.17. The number of fused-ring (bicyclic) bond motifs is 1. The molecule has 0 spiro atoms. The van der Waals surface area contributed by atoms with Gasteiger partial charge in [0.2, 0.25) is 0 Å². The zero-order chi connectivity index (χ0) is 9.43. The molecule has 0 bridgehead atoms. The Bertz CT molecular complexity index is 325. The molecule has 2 fully saturated rings. The molecule has 0 aliphatic carbocycles. The first kappa shape index (κ1) is 11.0. The van der Waals surface area contributed by atoms with E-state index >= 15 is 0 Å². The number of hydrogen-bond donors (Lipinski definition) is 0. The molecule has 0 N–H and O–H groups in total. The lowest BCUT2D eigenvalue weighted by Gasteiger charge is -2.24. The topological polar surface area (TPSA) is 0 Å². The first-order valence-electron chi connectivity index (χ1n) is 5.79. The van der Waals surface area contributed by atoms with Crippen molar-refractivity contribution in [2.75, 3.05) is 13.1 Å². The molecular formula is C13H18ClN. The molecule has 2 heteroatoms. The van der Waals surface area contributed by atoms with Gasteiger partial charge in [0, 0.05) is 12.0 Å². The number of piperidine rings is 1. The van der Waals surface area contributed by atoms with Crippen LogP contribution in [0.1, 0.15) is 24.8 Å². The van der Waals surface area contributed by atoms with E-state index in [1.54, 1.807) is 0 Å². The Hall–Kier alpha value is -0.530. The van der Waals surface area contributed by atoms with E-state index in [-0.39, 0.29) is 12.4 Å². The van der Waals surface area contributed by atoms with Gasteiger partial charge in [0.1, 0.15) is 19.1 Å². The molecular weight excluding hydrogens is 206 g/mol. The number of hydrogen-bond acceptors (Lipinski definition) is 0. The first-order chi connectivity index (χ1) is 6.89. The number of halogens is 1. The van der Waals surface area contributed by atoms with E-state index in [2.05, 4.69) is 30.3 Å². The van der Waals surface area contributed by atoms with Gasteiger partial charge in [-0.3, -0.25) is 0 Å². The van der Waals surface area contributed by atoms with E-state index in [0.717, 1.165) is 6.04 Å². The maximum atomic E-state index is 2.27. The summed E-state index contributed by atoms with van der Waals surface area (Å²) < 4.78 is 1.41. The average molecular weight is 224 g/mol. The lowest BCUT2D eigenvalue weighted by molar-refractivity contribution is -0.832. The van der Waals surface area contributed by atoms with Crippen molar-refractivity contribution >= 4 is 0 Å². The maximum Gasteiger partial charge on any atom is 0.139 e. The standard InChI is InChI=1S/C13H18N.ClH/c1-2-6-12(7-3-1)10-14-9-5-4-8-13(14)11-14;/h1-3,6-7,13H,4-5,8-11H2;1H/q+1;/p-1. The van der Waals surface area contributed by atoms with Crippen molar-refractivity contribution < 1.29 is 16.9 Å². The van der Waals surface area contributed by atoms with E-state index in [1.165, 1.54) is 48.9 Å². The molecule has 0 saturated carbocycles. The van der Waals surface area contributed by atoms with Crippen LogP contribution in [0.25, 0.3) is 0 Å². The minimum Gasteiger partial charge on any atom is -1.00 e. The van der Waals surface area contributed by atoms with Crippen molar-refractivity contribution in [3.8, 4) is 0 Å². The Labute approximate surface area is 98.1 Å². The predicted octanol–water partition coefficient (Wildman–Crippen LogP) is -0.426. The number of quaternary nitrogens is 1. The number of benzene rings is 1. The Morgan fingerprint density at radius 3 is 2.67 bits per heavy atom. The second kappa shape index (κ2) is 4.15. The molecule has 82 valence electrons. The smallest absolute Gasteiger partial charge is 0.139 e. The third kappa shape index (κ3) is 2.04. The van der Waals surface area contributed by atoms with Crippen LogP contribution in [0.3, 0.4) is 0 Å². The van der Waals surface area contributed by atoms with Gasteiger partial charge in [0.25, 0.3) is 0 Å². The summed E-state index contributed by atoms with van der Waals surface area (Å²) in [5.74, 6) is 0. The molecule has 2 heterocycles. The molecule has 2 aliphatic rings. The van der Waals surface area contributed by atoms with Crippen LogP contribution in [0.15, 0.2) is 30.3 Å². The summed E-state index contributed by atoms with van der Waals surface area (Å²) in [5.41, 5.74) is 1.52. The van der Waals surface area contributed by atoms with Crippen molar-refractivity contribution in [3.05, 3.63) is 35.9 Å². The molecule has 2 aliphatic heterocycles. The first-order valence-corrected chi connectivity index (χ1v) is 5.79. The fourth-order valence-corrected chi connectivity index (χ4v) is 3.04. The summed E-state index contributed by atoms with van der Waals surface area (Å²) >= 11 is 0. The quantitative estimate of drug-likeness (QED) is 0.472. The van der Waals surface area contributed by atoms with Crippen LogP contribution in [0, 0.1) is 0 Å². The largest absolute Gasteiger partial charge is 1.00 e. The molecule has 0 aromatic heterocycles. The van der Waals surface area contributed by atoms with Gasteiger partial charge in [-0.05, 0) is 12.8 Å². The second-order valence-electron chi connectivity index (χ2n) is 4.92. The second-order valence-corrected chi connectivity index (χ2v) is 4.92. The van der Waals surface area contributed by atoms with Crippen molar-refractivity contribution in [2.24, 2.45) is 0 Å². The van der Waals surface area contributed by atoms with Crippen LogP contribution in [0.5, 0.6) is 0 Å². The zero-order valence-corrected chi connectivity index (χ0v) is 9.79. The van der Waals surface area contributed by atoms with E-state index in [1.807, 2.05) is 0 Å². The number of nitrogens with zero attached hydrogens (tertiary/aromatic N) is 1. The van der Waals surface area contributed by atoms with Crippen LogP contribution in [0.2, 0.25) is 0 Å². The van der Waals surface area contributed by atoms with Gasteiger partial charge >= 0.3 is 0 Å². The highest BCUT2D eigenvalue weighted by atomic mass is 35.5. The Morgan fingerprint density at radius 2 is 1.93 bits per heavy atom. The van der Waals surface area contributed by atoms with E-state index in [9.17, 15) is 0 Å². The third-order valence-corrected chi connectivity index (χ3v) is 3.95. The lowest BCUT2D eigenvalue weighted by Crippen LogP contribution is -3.00. The molecule has 0 amide bonds. The minimum atomic E-state index is 0. The summed E-state index contributed by atoms with van der Waals surface area (Å²) in [4.78, 5) is 0. The molecule has 2 unspecified atom stereocenters. The van der Waals surface area contributed by atoms with Gasteiger partial charge in [-0.1, -0.05) is 30.3 Å². The van der Waals surface area contributed by atoms with Gasteiger partial charge in [-0.25, -0.2) is 0 Å². The summed E-state index contributed by atoms with van der Waals surface area (Å²) in [6, 6.07) is 12.0. The van der Waals surface area contributed by atoms with Gasteiger partial charge < -0.3 is 16.9 Å². The van der Waals surface area contributed by atoms with E-state index in [4.69, 9.17) is 0 Å². The summed E-state index contributed by atoms with van der Waals surface area (Å²) in [5, 5.41) is 0. The Balaban J connectivity index is 0.000000853. The molecule has 1 aromatic carbocycles.